The Kier molecular flexibility index (Phi) is 4.86. The van der Waals surface area contributed by atoms with Gasteiger partial charge in [-0.05, 0) is 48.9 Å². The van der Waals surface area contributed by atoms with E-state index in [-0.39, 0.29) is 0 Å². The molecule has 24 heavy (non-hydrogen) atoms. The summed E-state index contributed by atoms with van der Waals surface area (Å²) in [7, 11) is 1.65. The van der Waals surface area contributed by atoms with E-state index in [4.69, 9.17) is 4.74 Å². The van der Waals surface area contributed by atoms with Gasteiger partial charge in [0, 0.05) is 36.4 Å². The highest BCUT2D eigenvalue weighted by molar-refractivity contribution is 5.58. The lowest BCUT2D eigenvalue weighted by molar-refractivity contribution is 0.415. The normalized spacial score (nSPS) is 10.2. The Morgan fingerprint density at radius 3 is 2.46 bits per heavy atom. The molecule has 2 aromatic heterocycles. The van der Waals surface area contributed by atoms with Crippen LogP contribution in [0.4, 0.5) is 17.5 Å². The molecular weight excluding hydrogens is 302 g/mol. The topological polar surface area (TPSA) is 72.0 Å². The first-order valence-electron chi connectivity index (χ1n) is 7.62. The molecule has 3 aromatic rings. The van der Waals surface area contributed by atoms with Crippen LogP contribution < -0.4 is 15.4 Å². The van der Waals surface area contributed by atoms with Crippen LogP contribution in [0.15, 0.2) is 54.9 Å². The van der Waals surface area contributed by atoms with Crippen LogP contribution >= 0.6 is 0 Å². The standard InChI is InChI=1S/C18H19N5O/c1-13-11-17(22-15-3-5-16(24-2)6-4-15)23-18(21-13)20-12-14-7-9-19-10-8-14/h3-11H,12H2,1-2H3,(H2,20,21,22,23). The van der Waals surface area contributed by atoms with Crippen molar-refractivity contribution in [3.63, 3.8) is 0 Å². The molecule has 0 radical (unpaired) electrons. The van der Waals surface area contributed by atoms with E-state index in [1.807, 2.05) is 49.4 Å². The van der Waals surface area contributed by atoms with Crippen LogP contribution in [-0.2, 0) is 6.54 Å². The number of benzene rings is 1. The van der Waals surface area contributed by atoms with Crippen molar-refractivity contribution in [2.24, 2.45) is 0 Å². The average molecular weight is 321 g/mol. The van der Waals surface area contributed by atoms with Crippen LogP contribution in [0.3, 0.4) is 0 Å². The van der Waals surface area contributed by atoms with Crippen molar-refractivity contribution in [3.8, 4) is 5.75 Å². The molecule has 3 rings (SSSR count). The third-order valence-corrected chi connectivity index (χ3v) is 3.42. The summed E-state index contributed by atoms with van der Waals surface area (Å²) in [5.41, 5.74) is 2.95. The van der Waals surface area contributed by atoms with Crippen molar-refractivity contribution in [2.45, 2.75) is 13.5 Å². The monoisotopic (exact) mass is 321 g/mol. The lowest BCUT2D eigenvalue weighted by Crippen LogP contribution is -2.06. The van der Waals surface area contributed by atoms with E-state index in [2.05, 4.69) is 25.6 Å². The lowest BCUT2D eigenvalue weighted by atomic mass is 10.3. The maximum absolute atomic E-state index is 5.16. The zero-order valence-corrected chi connectivity index (χ0v) is 13.7. The molecule has 0 fully saturated rings. The summed E-state index contributed by atoms with van der Waals surface area (Å²) < 4.78 is 5.16. The number of nitrogens with zero attached hydrogens (tertiary/aromatic N) is 3. The number of hydrogen-bond donors (Lipinski definition) is 2. The van der Waals surface area contributed by atoms with Crippen LogP contribution in [0.25, 0.3) is 0 Å². The first-order valence-corrected chi connectivity index (χ1v) is 7.62. The van der Waals surface area contributed by atoms with Crippen molar-refractivity contribution >= 4 is 17.5 Å². The Bertz CT molecular complexity index is 790. The quantitative estimate of drug-likeness (QED) is 0.723. The van der Waals surface area contributed by atoms with Gasteiger partial charge in [-0.2, -0.15) is 4.98 Å². The smallest absolute Gasteiger partial charge is 0.225 e. The van der Waals surface area contributed by atoms with Crippen molar-refractivity contribution in [2.75, 3.05) is 17.7 Å². The van der Waals surface area contributed by atoms with Gasteiger partial charge in [0.25, 0.3) is 0 Å². The largest absolute Gasteiger partial charge is 0.497 e. The molecule has 0 saturated heterocycles. The van der Waals surface area contributed by atoms with E-state index < -0.39 is 0 Å². The zero-order valence-electron chi connectivity index (χ0n) is 13.7. The maximum atomic E-state index is 5.16. The van der Waals surface area contributed by atoms with Gasteiger partial charge in [-0.25, -0.2) is 4.98 Å². The van der Waals surface area contributed by atoms with Crippen molar-refractivity contribution in [1.29, 1.82) is 0 Å². The first kappa shape index (κ1) is 15.7. The number of methoxy groups -OCH3 is 1. The second-order valence-corrected chi connectivity index (χ2v) is 5.28. The van der Waals surface area contributed by atoms with E-state index in [0.717, 1.165) is 28.5 Å². The molecule has 122 valence electrons. The van der Waals surface area contributed by atoms with Crippen molar-refractivity contribution < 1.29 is 4.74 Å². The minimum Gasteiger partial charge on any atom is -0.497 e. The van der Waals surface area contributed by atoms with Gasteiger partial charge in [0.05, 0.1) is 7.11 Å². The number of hydrogen-bond acceptors (Lipinski definition) is 6. The van der Waals surface area contributed by atoms with Gasteiger partial charge < -0.3 is 15.4 Å². The van der Waals surface area contributed by atoms with Gasteiger partial charge >= 0.3 is 0 Å². The Hall–Kier alpha value is -3.15. The molecule has 2 heterocycles. The van der Waals surface area contributed by atoms with Gasteiger partial charge in [0.15, 0.2) is 0 Å². The summed E-state index contributed by atoms with van der Waals surface area (Å²) >= 11 is 0. The Labute approximate surface area is 141 Å². The molecule has 0 amide bonds. The second-order valence-electron chi connectivity index (χ2n) is 5.28. The van der Waals surface area contributed by atoms with Gasteiger partial charge in [0.2, 0.25) is 5.95 Å². The molecule has 6 heteroatoms. The van der Waals surface area contributed by atoms with Gasteiger partial charge in [-0.15, -0.1) is 0 Å². The van der Waals surface area contributed by atoms with E-state index in [1.165, 1.54) is 0 Å². The summed E-state index contributed by atoms with van der Waals surface area (Å²) in [5, 5.41) is 6.51. The fourth-order valence-electron chi connectivity index (χ4n) is 2.22. The molecule has 0 unspecified atom stereocenters. The SMILES string of the molecule is COc1ccc(Nc2cc(C)nc(NCc3ccncc3)n2)cc1. The number of rotatable bonds is 6. The Balaban J connectivity index is 1.70. The van der Waals surface area contributed by atoms with Gasteiger partial charge in [-0.1, -0.05) is 0 Å². The highest BCUT2D eigenvalue weighted by Gasteiger charge is 2.03. The molecule has 0 saturated carbocycles. The van der Waals surface area contributed by atoms with E-state index >= 15 is 0 Å². The Morgan fingerprint density at radius 1 is 1.00 bits per heavy atom. The second kappa shape index (κ2) is 7.41. The van der Waals surface area contributed by atoms with Crippen LogP contribution in [0, 0.1) is 6.92 Å². The third-order valence-electron chi connectivity index (χ3n) is 3.42. The van der Waals surface area contributed by atoms with Crippen molar-refractivity contribution in [3.05, 3.63) is 66.1 Å². The van der Waals surface area contributed by atoms with Crippen LogP contribution in [0.2, 0.25) is 0 Å². The summed E-state index contributed by atoms with van der Waals surface area (Å²) in [4.78, 5) is 12.9. The minimum atomic E-state index is 0.586. The molecule has 0 atom stereocenters. The molecule has 0 aliphatic carbocycles. The van der Waals surface area contributed by atoms with Crippen LogP contribution in [0.5, 0.6) is 5.75 Å². The molecule has 1 aromatic carbocycles. The number of anilines is 3. The average Bonchev–Trinajstić information content (AvgIpc) is 2.61. The molecule has 0 aliphatic rings. The molecule has 0 spiro atoms. The fourth-order valence-corrected chi connectivity index (χ4v) is 2.22. The minimum absolute atomic E-state index is 0.586. The first-order chi connectivity index (χ1) is 11.7. The summed E-state index contributed by atoms with van der Waals surface area (Å²) in [6, 6.07) is 13.5. The number of aryl methyl sites for hydroxylation is 1. The van der Waals surface area contributed by atoms with Gasteiger partial charge in [0.1, 0.15) is 11.6 Å². The van der Waals surface area contributed by atoms with Crippen LogP contribution in [-0.4, -0.2) is 22.1 Å². The van der Waals surface area contributed by atoms with Crippen LogP contribution in [0.1, 0.15) is 11.3 Å². The molecular formula is C18H19N5O. The maximum Gasteiger partial charge on any atom is 0.225 e. The molecule has 2 N–H and O–H groups in total. The van der Waals surface area contributed by atoms with E-state index in [1.54, 1.807) is 19.5 Å². The number of pyridine rings is 1. The summed E-state index contributed by atoms with van der Waals surface area (Å²) in [6.45, 7) is 2.59. The van der Waals surface area contributed by atoms with Gasteiger partial charge in [-0.3, -0.25) is 4.98 Å². The summed E-state index contributed by atoms with van der Waals surface area (Å²) in [5.74, 6) is 2.15. The predicted molar refractivity (Wildman–Crippen MR) is 94.6 cm³/mol. The number of nitrogens with one attached hydrogen (secondary N) is 2. The molecule has 0 bridgehead atoms. The lowest BCUT2D eigenvalue weighted by Gasteiger charge is -2.10. The Morgan fingerprint density at radius 2 is 1.75 bits per heavy atom. The predicted octanol–water partition coefficient (Wildman–Crippen LogP) is 3.54. The highest BCUT2D eigenvalue weighted by atomic mass is 16.5. The molecule has 0 aliphatic heterocycles. The van der Waals surface area contributed by atoms with E-state index in [9.17, 15) is 0 Å². The summed E-state index contributed by atoms with van der Waals surface area (Å²) in [6.07, 6.45) is 3.54. The number of ether oxygens (including phenoxy) is 1. The van der Waals surface area contributed by atoms with E-state index in [0.29, 0.717) is 12.5 Å². The molecule has 6 nitrogen and oxygen atoms in total. The highest BCUT2D eigenvalue weighted by Crippen LogP contribution is 2.20. The van der Waals surface area contributed by atoms with Crippen molar-refractivity contribution in [1.82, 2.24) is 15.0 Å². The zero-order chi connectivity index (χ0) is 16.8. The fraction of sp³-hybridized carbons (Fsp3) is 0.167. The third kappa shape index (κ3) is 4.19. The number of aromatic nitrogens is 3.